The van der Waals surface area contributed by atoms with Crippen molar-refractivity contribution in [2.75, 3.05) is 0 Å². The van der Waals surface area contributed by atoms with Gasteiger partial charge in [-0.15, -0.1) is 0 Å². The van der Waals surface area contributed by atoms with E-state index in [4.69, 9.17) is 19.4 Å². The summed E-state index contributed by atoms with van der Waals surface area (Å²) < 4.78 is 9.02. The van der Waals surface area contributed by atoms with Crippen molar-refractivity contribution in [3.63, 3.8) is 0 Å². The molecule has 0 spiro atoms. The van der Waals surface area contributed by atoms with E-state index in [1.165, 1.54) is 0 Å². The number of para-hydroxylation sites is 4. The third kappa shape index (κ3) is 5.90. The first-order valence-corrected chi connectivity index (χ1v) is 20.9. The molecular weight excluding hydrogens is 757 g/mol. The van der Waals surface area contributed by atoms with Crippen molar-refractivity contribution in [3.8, 4) is 73.2 Å². The first-order valence-electron chi connectivity index (χ1n) is 20.9. The lowest BCUT2D eigenvalue weighted by Gasteiger charge is -2.20. The lowest BCUT2D eigenvalue weighted by atomic mass is 9.91. The second kappa shape index (κ2) is 14.7. The van der Waals surface area contributed by atoms with E-state index in [2.05, 4.69) is 174 Å². The number of aromatic nitrogens is 4. The van der Waals surface area contributed by atoms with Gasteiger partial charge < -0.3 is 8.98 Å². The second-order valence-corrected chi connectivity index (χ2v) is 15.5. The lowest BCUT2D eigenvalue weighted by Crippen LogP contribution is -2.05. The summed E-state index contributed by atoms with van der Waals surface area (Å²) in [5.74, 6) is 1.80. The fourth-order valence-electron chi connectivity index (χ4n) is 9.05. The molecule has 0 aliphatic rings. The third-order valence-corrected chi connectivity index (χ3v) is 11.9. The van der Waals surface area contributed by atoms with Crippen molar-refractivity contribution >= 4 is 43.7 Å². The zero-order valence-electron chi connectivity index (χ0n) is 33.5. The number of rotatable bonds is 7. The summed E-state index contributed by atoms with van der Waals surface area (Å²) in [6, 6.07) is 76.3. The van der Waals surface area contributed by atoms with E-state index in [0.29, 0.717) is 17.5 Å². The average Bonchev–Trinajstić information content (AvgIpc) is 3.90. The predicted octanol–water partition coefficient (Wildman–Crippen LogP) is 14.9. The molecule has 5 nitrogen and oxygen atoms in total. The maximum absolute atomic E-state index is 6.60. The van der Waals surface area contributed by atoms with Crippen LogP contribution in [0.25, 0.3) is 117 Å². The zero-order chi connectivity index (χ0) is 41.0. The van der Waals surface area contributed by atoms with Gasteiger partial charge in [0, 0.05) is 49.4 Å². The van der Waals surface area contributed by atoms with Crippen molar-refractivity contribution in [1.29, 1.82) is 0 Å². The molecule has 5 heteroatoms. The summed E-state index contributed by atoms with van der Waals surface area (Å²) in [4.78, 5) is 15.7. The first-order chi connectivity index (χ1) is 30.8. The van der Waals surface area contributed by atoms with Crippen molar-refractivity contribution in [1.82, 2.24) is 19.5 Å². The van der Waals surface area contributed by atoms with Gasteiger partial charge in [-0.25, -0.2) is 15.0 Å². The fraction of sp³-hybridized carbons (Fsp3) is 0. The van der Waals surface area contributed by atoms with Crippen molar-refractivity contribution in [2.45, 2.75) is 0 Å². The van der Waals surface area contributed by atoms with E-state index in [-0.39, 0.29) is 0 Å². The molecule has 12 aromatic rings. The van der Waals surface area contributed by atoms with E-state index in [9.17, 15) is 0 Å². The van der Waals surface area contributed by atoms with Gasteiger partial charge in [0.25, 0.3) is 0 Å². The van der Waals surface area contributed by atoms with E-state index >= 15 is 0 Å². The van der Waals surface area contributed by atoms with Gasteiger partial charge in [0.15, 0.2) is 17.5 Å². The molecule has 0 aliphatic heterocycles. The fourth-order valence-corrected chi connectivity index (χ4v) is 9.05. The predicted molar refractivity (Wildman–Crippen MR) is 254 cm³/mol. The van der Waals surface area contributed by atoms with Crippen LogP contribution in [0.2, 0.25) is 0 Å². The van der Waals surface area contributed by atoms with Gasteiger partial charge in [0.05, 0.1) is 16.7 Å². The van der Waals surface area contributed by atoms with Crippen molar-refractivity contribution < 1.29 is 4.42 Å². The van der Waals surface area contributed by atoms with E-state index < -0.39 is 0 Å². The van der Waals surface area contributed by atoms with Gasteiger partial charge in [-0.1, -0.05) is 194 Å². The Morgan fingerprint density at radius 2 is 0.823 bits per heavy atom. The molecule has 0 atom stereocenters. The van der Waals surface area contributed by atoms with Crippen molar-refractivity contribution in [3.05, 3.63) is 218 Å². The number of hydrogen-bond donors (Lipinski definition) is 0. The third-order valence-electron chi connectivity index (χ3n) is 11.9. The molecule has 0 saturated carbocycles. The second-order valence-electron chi connectivity index (χ2n) is 15.5. The van der Waals surface area contributed by atoms with Gasteiger partial charge in [-0.2, -0.15) is 0 Å². The average molecular weight is 793 g/mol. The molecule has 9 aromatic carbocycles. The van der Waals surface area contributed by atoms with Crippen LogP contribution in [0.4, 0.5) is 0 Å². The summed E-state index contributed by atoms with van der Waals surface area (Å²) in [6.45, 7) is 0. The van der Waals surface area contributed by atoms with Crippen LogP contribution >= 0.6 is 0 Å². The maximum atomic E-state index is 6.60. The molecule has 3 heterocycles. The zero-order valence-corrected chi connectivity index (χ0v) is 33.5. The highest BCUT2D eigenvalue weighted by Gasteiger charge is 2.24. The molecule has 0 saturated heterocycles. The molecule has 62 heavy (non-hydrogen) atoms. The topological polar surface area (TPSA) is 56.7 Å². The smallest absolute Gasteiger partial charge is 0.166 e. The maximum Gasteiger partial charge on any atom is 0.166 e. The molecule has 0 radical (unpaired) electrons. The first kappa shape index (κ1) is 35.5. The normalized spacial score (nSPS) is 11.5. The van der Waals surface area contributed by atoms with E-state index in [1.54, 1.807) is 0 Å². The Balaban J connectivity index is 1.19. The SMILES string of the molecule is c1ccc(-c2nc(-c3ccccc3)nc(-c3cccc(-c4ccccc4-c4ccccc4)c3-n3c4ccccc4c4ccc(-c5cccc6c5oc5ccccc56)cc43)n2)cc1. The molecule has 0 N–H and O–H groups in total. The Hall–Kier alpha value is -8.41. The van der Waals surface area contributed by atoms with Crippen LogP contribution in [0.5, 0.6) is 0 Å². The van der Waals surface area contributed by atoms with Gasteiger partial charge in [0.1, 0.15) is 11.2 Å². The number of nitrogens with zero attached hydrogens (tertiary/aromatic N) is 4. The van der Waals surface area contributed by atoms with Gasteiger partial charge >= 0.3 is 0 Å². The quantitative estimate of drug-likeness (QED) is 0.161. The van der Waals surface area contributed by atoms with Gasteiger partial charge in [-0.3, -0.25) is 0 Å². The lowest BCUT2D eigenvalue weighted by molar-refractivity contribution is 0.670. The molecule has 0 bridgehead atoms. The largest absolute Gasteiger partial charge is 0.455 e. The standard InChI is InChI=1S/C57H36N4O/c1-4-18-37(19-5-1)41-24-10-11-25-43(41)47-29-17-31-49(57-59-55(38-20-6-2-7-21-38)58-56(60-57)39-22-8-3-9-23-39)53(47)61-50-32-14-12-26-44(50)45-35-34-40(36-51(45)61)42-28-16-30-48-46-27-13-15-33-52(46)62-54(42)48/h1-36H. The van der Waals surface area contributed by atoms with Crippen LogP contribution in [-0.2, 0) is 0 Å². The van der Waals surface area contributed by atoms with Crippen LogP contribution in [0.3, 0.4) is 0 Å². The summed E-state index contributed by atoms with van der Waals surface area (Å²) in [7, 11) is 0. The summed E-state index contributed by atoms with van der Waals surface area (Å²) in [5.41, 5.74) is 14.1. The number of benzene rings is 9. The molecular formula is C57H36N4O. The minimum atomic E-state index is 0.584. The summed E-state index contributed by atoms with van der Waals surface area (Å²) in [6.07, 6.45) is 0. The monoisotopic (exact) mass is 792 g/mol. The number of fused-ring (bicyclic) bond motifs is 6. The minimum Gasteiger partial charge on any atom is -0.455 e. The molecule has 12 rings (SSSR count). The molecule has 0 unspecified atom stereocenters. The number of hydrogen-bond acceptors (Lipinski definition) is 4. The van der Waals surface area contributed by atoms with Crippen LogP contribution in [0.15, 0.2) is 223 Å². The minimum absolute atomic E-state index is 0.584. The number of furan rings is 1. The van der Waals surface area contributed by atoms with Gasteiger partial charge in [-0.05, 0) is 46.5 Å². The van der Waals surface area contributed by atoms with Crippen LogP contribution in [0, 0.1) is 0 Å². The Morgan fingerprint density at radius 3 is 1.56 bits per heavy atom. The molecule has 0 amide bonds. The summed E-state index contributed by atoms with van der Waals surface area (Å²) >= 11 is 0. The summed E-state index contributed by atoms with van der Waals surface area (Å²) in [5, 5.41) is 4.50. The molecule has 0 fully saturated rings. The Labute approximate surface area is 357 Å². The highest BCUT2D eigenvalue weighted by atomic mass is 16.3. The Kier molecular flexibility index (Phi) is 8.42. The Morgan fingerprint density at radius 1 is 0.306 bits per heavy atom. The van der Waals surface area contributed by atoms with Crippen LogP contribution in [-0.4, -0.2) is 19.5 Å². The molecule has 3 aromatic heterocycles. The highest BCUT2D eigenvalue weighted by Crippen LogP contribution is 2.45. The van der Waals surface area contributed by atoms with E-state index in [0.717, 1.165) is 99.5 Å². The molecule has 0 aliphatic carbocycles. The Bertz CT molecular complexity index is 3570. The van der Waals surface area contributed by atoms with Gasteiger partial charge in [0.2, 0.25) is 0 Å². The van der Waals surface area contributed by atoms with E-state index in [1.807, 2.05) is 48.5 Å². The van der Waals surface area contributed by atoms with Crippen LogP contribution in [0.1, 0.15) is 0 Å². The van der Waals surface area contributed by atoms with Crippen LogP contribution < -0.4 is 0 Å². The molecule has 290 valence electrons. The van der Waals surface area contributed by atoms with Crippen molar-refractivity contribution in [2.24, 2.45) is 0 Å². The highest BCUT2D eigenvalue weighted by molar-refractivity contribution is 6.14.